The molecule has 0 bridgehead atoms. The smallest absolute Gasteiger partial charge is 0.339 e. The first kappa shape index (κ1) is 20.0. The largest absolute Gasteiger partial charge is 0.462 e. The van der Waals surface area contributed by atoms with Crippen LogP contribution in [0.3, 0.4) is 0 Å². The topological polar surface area (TPSA) is 52.6 Å². The first-order valence-corrected chi connectivity index (χ1v) is 7.14. The monoisotopic (exact) mass is 458 g/mol. The van der Waals surface area contributed by atoms with E-state index in [0.717, 1.165) is 25.7 Å². The Kier molecular flexibility index (Phi) is 11.1. The number of ether oxygens (including phenoxy) is 2. The van der Waals surface area contributed by atoms with E-state index < -0.39 is 11.9 Å². The van der Waals surface area contributed by atoms with Crippen LogP contribution >= 0.6 is 0 Å². The van der Waals surface area contributed by atoms with Gasteiger partial charge in [0.1, 0.15) is 0 Å². The molecule has 0 heterocycles. The maximum atomic E-state index is 11.9. The number of esters is 2. The number of rotatable bonds is 8. The van der Waals surface area contributed by atoms with Gasteiger partial charge in [0, 0.05) is 25.8 Å². The van der Waals surface area contributed by atoms with Crippen molar-refractivity contribution in [2.75, 3.05) is 13.2 Å². The van der Waals surface area contributed by atoms with E-state index in [1.807, 2.05) is 13.8 Å². The molecule has 0 aliphatic heterocycles. The second-order valence-corrected chi connectivity index (χ2v) is 4.52. The third kappa shape index (κ3) is 7.02. The predicted molar refractivity (Wildman–Crippen MR) is 76.8 cm³/mol. The summed E-state index contributed by atoms with van der Waals surface area (Å²) in [6.45, 7) is 4.78. The minimum absolute atomic E-state index is 0. The van der Waals surface area contributed by atoms with E-state index in [-0.39, 0.29) is 37.0 Å². The molecular formula is C16H22HfO4. The van der Waals surface area contributed by atoms with Gasteiger partial charge in [0.15, 0.2) is 0 Å². The van der Waals surface area contributed by atoms with Gasteiger partial charge in [-0.15, -0.1) is 0 Å². The molecule has 0 amide bonds. The maximum absolute atomic E-state index is 11.9. The van der Waals surface area contributed by atoms with Crippen molar-refractivity contribution in [3.63, 3.8) is 0 Å². The molecule has 0 N–H and O–H groups in total. The van der Waals surface area contributed by atoms with E-state index in [2.05, 4.69) is 0 Å². The van der Waals surface area contributed by atoms with E-state index in [1.165, 1.54) is 0 Å². The fourth-order valence-corrected chi connectivity index (χ4v) is 1.61. The molecule has 114 valence electrons. The molecular weight excluding hydrogens is 435 g/mol. The van der Waals surface area contributed by atoms with Gasteiger partial charge in [-0.05, 0) is 25.0 Å². The minimum Gasteiger partial charge on any atom is -0.462 e. The van der Waals surface area contributed by atoms with Crippen molar-refractivity contribution in [3.05, 3.63) is 35.4 Å². The minimum atomic E-state index is -0.471. The Balaban J connectivity index is 0.00000400. The van der Waals surface area contributed by atoms with Gasteiger partial charge in [-0.3, -0.25) is 0 Å². The quantitative estimate of drug-likeness (QED) is 0.341. The maximum Gasteiger partial charge on any atom is 0.339 e. The van der Waals surface area contributed by atoms with Crippen LogP contribution in [0.15, 0.2) is 24.3 Å². The first-order chi connectivity index (χ1) is 9.70. The molecule has 0 fully saturated rings. The fourth-order valence-electron chi connectivity index (χ4n) is 1.61. The summed E-state index contributed by atoms with van der Waals surface area (Å²) < 4.78 is 10.3. The molecule has 1 aromatic carbocycles. The Morgan fingerprint density at radius 2 is 1.24 bits per heavy atom. The third-order valence-electron chi connectivity index (χ3n) is 2.83. The van der Waals surface area contributed by atoms with Gasteiger partial charge in [-0.2, -0.15) is 0 Å². The molecule has 0 atom stereocenters. The Morgan fingerprint density at radius 1 is 0.857 bits per heavy atom. The fraction of sp³-hybridized carbons (Fsp3) is 0.500. The Labute approximate surface area is 145 Å². The van der Waals surface area contributed by atoms with Crippen LogP contribution in [0.2, 0.25) is 0 Å². The number of unbranched alkanes of at least 4 members (excludes halogenated alkanes) is 2. The second-order valence-electron chi connectivity index (χ2n) is 4.52. The molecule has 21 heavy (non-hydrogen) atoms. The van der Waals surface area contributed by atoms with Gasteiger partial charge in [-0.1, -0.05) is 38.8 Å². The summed E-state index contributed by atoms with van der Waals surface area (Å²) >= 11 is 0. The van der Waals surface area contributed by atoms with Crippen molar-refractivity contribution in [2.24, 2.45) is 0 Å². The SMILES string of the molecule is CCCCOC(=O)c1ccccc1C(=O)OCCCC.[Hf]. The third-order valence-corrected chi connectivity index (χ3v) is 2.83. The summed E-state index contributed by atoms with van der Waals surface area (Å²) in [5.74, 6) is -0.942. The first-order valence-electron chi connectivity index (χ1n) is 7.14. The van der Waals surface area contributed by atoms with Gasteiger partial charge in [0.2, 0.25) is 0 Å². The number of hydrogen-bond donors (Lipinski definition) is 0. The molecule has 0 spiro atoms. The summed E-state index contributed by atoms with van der Waals surface area (Å²) in [5, 5.41) is 0. The van der Waals surface area contributed by atoms with E-state index in [1.54, 1.807) is 24.3 Å². The molecule has 0 saturated heterocycles. The van der Waals surface area contributed by atoms with Crippen LogP contribution < -0.4 is 0 Å². The van der Waals surface area contributed by atoms with Crippen LogP contribution in [-0.2, 0) is 35.3 Å². The van der Waals surface area contributed by atoms with Crippen LogP contribution in [-0.4, -0.2) is 25.2 Å². The Bertz CT molecular complexity index is 405. The summed E-state index contributed by atoms with van der Waals surface area (Å²) in [6.07, 6.45) is 3.53. The molecule has 0 radical (unpaired) electrons. The van der Waals surface area contributed by atoms with Crippen molar-refractivity contribution >= 4 is 11.9 Å². The van der Waals surface area contributed by atoms with Crippen LogP contribution in [0.25, 0.3) is 0 Å². The molecule has 1 rings (SSSR count). The zero-order chi connectivity index (χ0) is 14.8. The molecule has 4 nitrogen and oxygen atoms in total. The van der Waals surface area contributed by atoms with Crippen molar-refractivity contribution in [1.29, 1.82) is 0 Å². The zero-order valence-electron chi connectivity index (χ0n) is 12.7. The van der Waals surface area contributed by atoms with Crippen LogP contribution in [0, 0.1) is 0 Å². The van der Waals surface area contributed by atoms with Crippen molar-refractivity contribution in [2.45, 2.75) is 39.5 Å². The van der Waals surface area contributed by atoms with Crippen LogP contribution in [0.5, 0.6) is 0 Å². The molecule has 0 unspecified atom stereocenters. The number of hydrogen-bond acceptors (Lipinski definition) is 4. The normalized spacial score (nSPS) is 9.62. The standard InChI is InChI=1S/C16H22O4.Hf/c1-3-5-11-19-15(17)13-9-7-8-10-14(13)16(18)20-12-6-4-2;/h7-10H,3-6,11-12H2,1-2H3;. The van der Waals surface area contributed by atoms with Gasteiger partial charge >= 0.3 is 11.9 Å². The van der Waals surface area contributed by atoms with Crippen molar-refractivity contribution < 1.29 is 44.9 Å². The molecule has 0 saturated carbocycles. The van der Waals surface area contributed by atoms with Crippen LogP contribution in [0.4, 0.5) is 0 Å². The molecule has 5 heteroatoms. The van der Waals surface area contributed by atoms with Crippen molar-refractivity contribution in [3.8, 4) is 0 Å². The van der Waals surface area contributed by atoms with Gasteiger partial charge in [0.05, 0.1) is 24.3 Å². The van der Waals surface area contributed by atoms with E-state index >= 15 is 0 Å². The number of benzene rings is 1. The molecule has 0 aromatic heterocycles. The van der Waals surface area contributed by atoms with E-state index in [4.69, 9.17) is 9.47 Å². The average molecular weight is 457 g/mol. The summed E-state index contributed by atoms with van der Waals surface area (Å²) in [5.41, 5.74) is 0.537. The second kappa shape index (κ2) is 11.7. The number of carbonyl (C=O) groups excluding carboxylic acids is 2. The number of carbonyl (C=O) groups is 2. The van der Waals surface area contributed by atoms with Gasteiger partial charge < -0.3 is 9.47 Å². The molecule has 0 aliphatic rings. The molecule has 1 aromatic rings. The van der Waals surface area contributed by atoms with Crippen LogP contribution in [0.1, 0.15) is 60.2 Å². The Morgan fingerprint density at radius 3 is 1.57 bits per heavy atom. The zero-order valence-corrected chi connectivity index (χ0v) is 16.3. The van der Waals surface area contributed by atoms with Crippen molar-refractivity contribution in [1.82, 2.24) is 0 Å². The summed E-state index contributed by atoms with van der Waals surface area (Å²) in [4.78, 5) is 23.9. The van der Waals surface area contributed by atoms with E-state index in [0.29, 0.717) is 13.2 Å². The van der Waals surface area contributed by atoms with Gasteiger partial charge in [-0.25, -0.2) is 9.59 Å². The van der Waals surface area contributed by atoms with E-state index in [9.17, 15) is 9.59 Å². The summed E-state index contributed by atoms with van der Waals surface area (Å²) in [7, 11) is 0. The molecule has 0 aliphatic carbocycles. The average Bonchev–Trinajstić information content (AvgIpc) is 2.47. The Hall–Kier alpha value is -0.970. The predicted octanol–water partition coefficient (Wildman–Crippen LogP) is 3.60. The van der Waals surface area contributed by atoms with Gasteiger partial charge in [0.25, 0.3) is 0 Å². The summed E-state index contributed by atoms with van der Waals surface area (Å²) in [6, 6.07) is 6.59.